The van der Waals surface area contributed by atoms with Crippen LogP contribution in [0.5, 0.6) is 5.88 Å². The van der Waals surface area contributed by atoms with Crippen LogP contribution in [0.25, 0.3) is 0 Å². The van der Waals surface area contributed by atoms with Gasteiger partial charge in [0, 0.05) is 33.3 Å². The molecule has 0 aliphatic heterocycles. The van der Waals surface area contributed by atoms with Gasteiger partial charge in [-0.3, -0.25) is 4.79 Å². The van der Waals surface area contributed by atoms with E-state index in [1.807, 2.05) is 0 Å². The van der Waals surface area contributed by atoms with Crippen molar-refractivity contribution in [1.82, 2.24) is 14.7 Å². The highest BCUT2D eigenvalue weighted by Crippen LogP contribution is 2.12. The number of amides is 1. The Balaban J connectivity index is 2.51. The van der Waals surface area contributed by atoms with Gasteiger partial charge in [-0.05, 0) is 19.3 Å². The first-order valence-electron chi connectivity index (χ1n) is 6.04. The highest BCUT2D eigenvalue weighted by atomic mass is 16.5. The third-order valence-electron chi connectivity index (χ3n) is 2.76. The lowest BCUT2D eigenvalue weighted by atomic mass is 10.2. The molecule has 0 bridgehead atoms. The van der Waals surface area contributed by atoms with Crippen molar-refractivity contribution in [3.63, 3.8) is 0 Å². The summed E-state index contributed by atoms with van der Waals surface area (Å²) in [5.41, 5.74) is 0.388. The fraction of sp³-hybridized carbons (Fsp3) is 0.667. The molecule has 6 heteroatoms. The van der Waals surface area contributed by atoms with Crippen LogP contribution in [0.15, 0.2) is 6.07 Å². The van der Waals surface area contributed by atoms with Crippen molar-refractivity contribution in [2.24, 2.45) is 7.05 Å². The number of aliphatic hydroxyl groups excluding tert-OH is 1. The zero-order valence-electron chi connectivity index (χ0n) is 11.2. The Morgan fingerprint density at radius 1 is 1.50 bits per heavy atom. The maximum atomic E-state index is 12.0. The smallest absolute Gasteiger partial charge is 0.274 e. The molecule has 1 N–H and O–H groups in total. The van der Waals surface area contributed by atoms with E-state index < -0.39 is 0 Å². The molecule has 0 radical (unpaired) electrons. The second-order valence-electron chi connectivity index (χ2n) is 4.21. The molecular formula is C12H21N3O3. The van der Waals surface area contributed by atoms with Crippen LogP contribution in [-0.4, -0.2) is 53.0 Å². The molecule has 1 heterocycles. The zero-order valence-corrected chi connectivity index (χ0v) is 11.2. The van der Waals surface area contributed by atoms with Gasteiger partial charge in [-0.15, -0.1) is 0 Å². The van der Waals surface area contributed by atoms with E-state index in [-0.39, 0.29) is 12.5 Å². The van der Waals surface area contributed by atoms with Gasteiger partial charge < -0.3 is 14.7 Å². The normalized spacial score (nSPS) is 10.4. The summed E-state index contributed by atoms with van der Waals surface area (Å²) >= 11 is 0. The molecule has 1 aromatic heterocycles. The largest absolute Gasteiger partial charge is 0.481 e. The first-order valence-corrected chi connectivity index (χ1v) is 6.04. The molecule has 1 rings (SSSR count). The minimum Gasteiger partial charge on any atom is -0.481 e. The number of aryl methyl sites for hydroxylation is 1. The predicted octanol–water partition coefficient (Wildman–Crippen LogP) is 0.663. The van der Waals surface area contributed by atoms with Crippen LogP contribution in [0.1, 0.15) is 29.8 Å². The van der Waals surface area contributed by atoms with E-state index in [4.69, 9.17) is 9.84 Å². The van der Waals surface area contributed by atoms with E-state index >= 15 is 0 Å². The molecule has 0 aliphatic rings. The summed E-state index contributed by atoms with van der Waals surface area (Å²) in [7, 11) is 5.03. The van der Waals surface area contributed by atoms with Crippen molar-refractivity contribution < 1.29 is 14.6 Å². The SMILES string of the molecule is COc1cc(C(=O)N(C)CCCCCO)nn1C. The summed E-state index contributed by atoms with van der Waals surface area (Å²) in [5.74, 6) is 0.449. The summed E-state index contributed by atoms with van der Waals surface area (Å²) in [6, 6.07) is 1.63. The Morgan fingerprint density at radius 2 is 2.22 bits per heavy atom. The molecule has 0 aromatic carbocycles. The zero-order chi connectivity index (χ0) is 13.5. The molecule has 6 nitrogen and oxygen atoms in total. The minimum absolute atomic E-state index is 0.113. The Hall–Kier alpha value is -1.56. The molecule has 1 aromatic rings. The average molecular weight is 255 g/mol. The average Bonchev–Trinajstić information content (AvgIpc) is 2.74. The van der Waals surface area contributed by atoms with Crippen molar-refractivity contribution in [2.75, 3.05) is 27.3 Å². The minimum atomic E-state index is -0.113. The number of rotatable bonds is 7. The molecule has 0 saturated carbocycles. The molecule has 0 aliphatic carbocycles. The molecule has 0 unspecified atom stereocenters. The lowest BCUT2D eigenvalue weighted by molar-refractivity contribution is 0.0785. The molecule has 102 valence electrons. The van der Waals surface area contributed by atoms with Gasteiger partial charge in [-0.2, -0.15) is 5.10 Å². The van der Waals surface area contributed by atoms with Crippen LogP contribution in [0, 0.1) is 0 Å². The number of carbonyl (C=O) groups excluding carboxylic acids is 1. The maximum absolute atomic E-state index is 12.0. The second-order valence-corrected chi connectivity index (χ2v) is 4.21. The van der Waals surface area contributed by atoms with Gasteiger partial charge in [0.2, 0.25) is 5.88 Å². The van der Waals surface area contributed by atoms with Crippen molar-refractivity contribution in [3.05, 3.63) is 11.8 Å². The lowest BCUT2D eigenvalue weighted by Gasteiger charge is -2.15. The first kappa shape index (κ1) is 14.5. The fourth-order valence-electron chi connectivity index (χ4n) is 1.68. The quantitative estimate of drug-likeness (QED) is 0.727. The Kier molecular flexibility index (Phi) is 5.64. The molecule has 0 atom stereocenters. The number of nitrogens with zero attached hydrogens (tertiary/aromatic N) is 3. The number of ether oxygens (including phenoxy) is 1. The van der Waals surface area contributed by atoms with E-state index in [0.29, 0.717) is 18.1 Å². The van der Waals surface area contributed by atoms with Crippen molar-refractivity contribution >= 4 is 5.91 Å². The van der Waals surface area contributed by atoms with Gasteiger partial charge in [0.05, 0.1) is 7.11 Å². The number of methoxy groups -OCH3 is 1. The number of carbonyl (C=O) groups is 1. The first-order chi connectivity index (χ1) is 8.60. The molecular weight excluding hydrogens is 234 g/mol. The highest BCUT2D eigenvalue weighted by Gasteiger charge is 2.16. The standard InChI is InChI=1S/C12H21N3O3/c1-14(7-5-4-6-8-16)12(17)10-9-11(18-3)15(2)13-10/h9,16H,4-8H2,1-3H3. The van der Waals surface area contributed by atoms with Gasteiger partial charge in [-0.25, -0.2) is 4.68 Å². The molecule has 1 amide bonds. The lowest BCUT2D eigenvalue weighted by Crippen LogP contribution is -2.28. The van der Waals surface area contributed by atoms with Crippen molar-refractivity contribution in [2.45, 2.75) is 19.3 Å². The molecule has 0 saturated heterocycles. The number of aliphatic hydroxyl groups is 1. The topological polar surface area (TPSA) is 67.6 Å². The predicted molar refractivity (Wildman–Crippen MR) is 67.7 cm³/mol. The monoisotopic (exact) mass is 255 g/mol. The number of unbranched alkanes of at least 4 members (excludes halogenated alkanes) is 2. The molecule has 0 fully saturated rings. The molecule has 0 spiro atoms. The maximum Gasteiger partial charge on any atom is 0.274 e. The van der Waals surface area contributed by atoms with Crippen LogP contribution >= 0.6 is 0 Å². The molecule has 18 heavy (non-hydrogen) atoms. The Morgan fingerprint density at radius 3 is 2.78 bits per heavy atom. The third-order valence-corrected chi connectivity index (χ3v) is 2.76. The Labute approximate surface area is 107 Å². The van der Waals surface area contributed by atoms with E-state index in [2.05, 4.69) is 5.10 Å². The third kappa shape index (κ3) is 3.73. The van der Waals surface area contributed by atoms with Crippen LogP contribution in [0.3, 0.4) is 0 Å². The van der Waals surface area contributed by atoms with Gasteiger partial charge in [0.1, 0.15) is 0 Å². The van der Waals surface area contributed by atoms with Gasteiger partial charge >= 0.3 is 0 Å². The summed E-state index contributed by atoms with van der Waals surface area (Å²) in [6.45, 7) is 0.868. The summed E-state index contributed by atoms with van der Waals surface area (Å²) in [4.78, 5) is 13.7. The summed E-state index contributed by atoms with van der Waals surface area (Å²) in [6.07, 6.45) is 2.58. The van der Waals surface area contributed by atoms with E-state index in [1.165, 1.54) is 4.68 Å². The van der Waals surface area contributed by atoms with Gasteiger partial charge in [0.25, 0.3) is 5.91 Å². The highest BCUT2D eigenvalue weighted by molar-refractivity contribution is 5.92. The van der Waals surface area contributed by atoms with E-state index in [1.54, 1.807) is 32.2 Å². The number of hydrogen-bond donors (Lipinski definition) is 1. The van der Waals surface area contributed by atoms with Crippen LogP contribution in [0.4, 0.5) is 0 Å². The number of aromatic nitrogens is 2. The fourth-order valence-corrected chi connectivity index (χ4v) is 1.68. The Bertz CT molecular complexity index is 390. The summed E-state index contributed by atoms with van der Waals surface area (Å²) in [5, 5.41) is 12.8. The summed E-state index contributed by atoms with van der Waals surface area (Å²) < 4.78 is 6.61. The van der Waals surface area contributed by atoms with Gasteiger partial charge in [0.15, 0.2) is 5.69 Å². The van der Waals surface area contributed by atoms with Crippen molar-refractivity contribution in [3.8, 4) is 5.88 Å². The van der Waals surface area contributed by atoms with E-state index in [0.717, 1.165) is 19.3 Å². The van der Waals surface area contributed by atoms with E-state index in [9.17, 15) is 4.79 Å². The van der Waals surface area contributed by atoms with Crippen LogP contribution in [-0.2, 0) is 7.05 Å². The van der Waals surface area contributed by atoms with Crippen molar-refractivity contribution in [1.29, 1.82) is 0 Å². The van der Waals surface area contributed by atoms with Gasteiger partial charge in [-0.1, -0.05) is 0 Å². The van der Waals surface area contributed by atoms with Crippen LogP contribution in [0.2, 0.25) is 0 Å². The second kappa shape index (κ2) is 7.00. The number of hydrogen-bond acceptors (Lipinski definition) is 4. The van der Waals surface area contributed by atoms with Crippen LogP contribution < -0.4 is 4.74 Å².